The minimum Gasteiger partial charge on any atom is -0.657 e. The van der Waals surface area contributed by atoms with Crippen LogP contribution in [0.5, 0.6) is 0 Å². The average Bonchev–Trinajstić information content (AvgIpc) is 3.99. The van der Waals surface area contributed by atoms with Crippen molar-refractivity contribution in [3.63, 3.8) is 0 Å². The van der Waals surface area contributed by atoms with Crippen molar-refractivity contribution in [3.05, 3.63) is 80.4 Å². The fourth-order valence-electron chi connectivity index (χ4n) is 10.2. The summed E-state index contributed by atoms with van der Waals surface area (Å²) >= 11 is 0. The molecule has 0 radical (unpaired) electrons. The number of ketones is 1. The van der Waals surface area contributed by atoms with E-state index in [-0.39, 0.29) is 59.7 Å². The first-order valence-electron chi connectivity index (χ1n) is 23.9. The molecule has 65 heavy (non-hydrogen) atoms. The molecule has 2 aliphatic heterocycles. The average molecular weight is 897 g/mol. The summed E-state index contributed by atoms with van der Waals surface area (Å²) in [6.07, 6.45) is 15.4. The number of ether oxygens (including phenoxy) is 2. The number of aromatic amines is 2. The molecule has 0 aromatic carbocycles. The molecule has 1 unspecified atom stereocenters. The van der Waals surface area contributed by atoms with E-state index in [9.17, 15) is 19.2 Å². The summed E-state index contributed by atoms with van der Waals surface area (Å²) in [5.41, 5.74) is 11.6. The molecule has 2 N–H and O–H groups in total. The number of nitrogens with one attached hydrogen (secondary N) is 2. The van der Waals surface area contributed by atoms with Crippen molar-refractivity contribution in [1.82, 2.24) is 9.97 Å². The van der Waals surface area contributed by atoms with Crippen LogP contribution >= 0.6 is 0 Å². The zero-order valence-electron chi connectivity index (χ0n) is 41.1. The Morgan fingerprint density at radius 1 is 0.846 bits per heavy atom. The summed E-state index contributed by atoms with van der Waals surface area (Å²) < 4.78 is 11.0. The molecule has 0 saturated heterocycles. The van der Waals surface area contributed by atoms with Crippen molar-refractivity contribution in [3.8, 4) is 0 Å². The van der Waals surface area contributed by atoms with E-state index in [4.69, 9.17) is 19.4 Å². The number of hydrogen-bond donors (Lipinski definition) is 0. The number of aromatic nitrogens is 4. The Bertz CT molecular complexity index is 2490. The molecule has 10 nitrogen and oxygen atoms in total. The zero-order chi connectivity index (χ0) is 46.4. The first kappa shape index (κ1) is 51.6. The van der Waals surface area contributed by atoms with Crippen molar-refractivity contribution < 1.29 is 38.6 Å². The second-order valence-corrected chi connectivity index (χ2v) is 19.5. The van der Waals surface area contributed by atoms with Gasteiger partial charge in [-0.1, -0.05) is 103 Å². The summed E-state index contributed by atoms with van der Waals surface area (Å²) in [4.78, 5) is 71.1. The first-order chi connectivity index (χ1) is 30.6. The van der Waals surface area contributed by atoms with Crippen LogP contribution in [0.4, 0.5) is 0 Å². The number of fused-ring (bicyclic) bond motifs is 8. The number of allylic oxidation sites excluding steroid dienone is 3. The van der Waals surface area contributed by atoms with Crippen molar-refractivity contribution in [2.75, 3.05) is 13.7 Å². The van der Waals surface area contributed by atoms with Crippen LogP contribution in [0.15, 0.2) is 29.8 Å². The molecular formula is C54H72MgN4O6+2. The van der Waals surface area contributed by atoms with E-state index in [1.807, 2.05) is 45.0 Å². The molecule has 1 aliphatic carbocycles. The fraction of sp³-hybridized carbons (Fsp3) is 0.556. The monoisotopic (exact) mass is 897 g/mol. The third kappa shape index (κ3) is 11.6. The van der Waals surface area contributed by atoms with Crippen LogP contribution in [0.1, 0.15) is 210 Å². The zero-order valence-corrected chi connectivity index (χ0v) is 42.5. The number of Topliss-reactive ketones (excluding diaryl/α,β-unsaturated/α-hetero) is 1. The number of carbonyl (C=O) groups excluding carboxylic acids is 4. The van der Waals surface area contributed by atoms with Gasteiger partial charge < -0.3 is 19.4 Å². The summed E-state index contributed by atoms with van der Waals surface area (Å²) in [5.74, 6) is -0.717. The fourth-order valence-corrected chi connectivity index (χ4v) is 10.2. The van der Waals surface area contributed by atoms with Gasteiger partial charge in [0.2, 0.25) is 11.4 Å². The van der Waals surface area contributed by atoms with Crippen LogP contribution in [0.25, 0.3) is 33.2 Å². The van der Waals surface area contributed by atoms with Gasteiger partial charge in [0.05, 0.1) is 18.9 Å². The molecule has 0 amide bonds. The van der Waals surface area contributed by atoms with E-state index in [0.717, 1.165) is 71.2 Å². The summed E-state index contributed by atoms with van der Waals surface area (Å²) in [5, 5.41) is 0. The van der Waals surface area contributed by atoms with E-state index in [1.54, 1.807) is 0 Å². The van der Waals surface area contributed by atoms with E-state index in [1.165, 1.54) is 57.6 Å². The topological polar surface area (TPSA) is 143 Å². The Hall–Kier alpha value is -4.35. The van der Waals surface area contributed by atoms with Gasteiger partial charge >= 0.3 is 35.0 Å². The molecule has 5 atom stereocenters. The van der Waals surface area contributed by atoms with E-state index in [0.29, 0.717) is 62.4 Å². The third-order valence-corrected chi connectivity index (χ3v) is 14.3. The predicted molar refractivity (Wildman–Crippen MR) is 259 cm³/mol. The van der Waals surface area contributed by atoms with Crippen LogP contribution in [0.3, 0.4) is 0 Å². The second-order valence-electron chi connectivity index (χ2n) is 19.5. The molecule has 11 heteroatoms. The van der Waals surface area contributed by atoms with Gasteiger partial charge in [-0.3, -0.25) is 19.2 Å². The number of esters is 2. The Morgan fingerprint density at radius 3 is 2.14 bits per heavy atom. The summed E-state index contributed by atoms with van der Waals surface area (Å²) in [7, 11) is 1.29. The van der Waals surface area contributed by atoms with Gasteiger partial charge in [0.25, 0.3) is 0 Å². The molecule has 0 spiro atoms. The molecule has 8 bridgehead atoms. The predicted octanol–water partition coefficient (Wildman–Crippen LogP) is 10.8. The Morgan fingerprint density at radius 2 is 1.49 bits per heavy atom. The standard InChI is InChI=1S/C54H71N4O6.Mg/c1-12-38-34(7)42-27-46-40(29-59)36(9)41(56-46)26-43-35(8)39(51(57-43)49-50(54(62)63-11)53(61)48-37(10)44(58-52(48)49)28-45(38)55-42)22-23-47(60)64-25-24-33(6)21-15-20-32(5)19-14-18-31(4)17-13-16-30(2)3;/h24,26-32,35,39,50H,12-23,25H2,1-11H3,(H-,55,56,57,58,59,61);/q-1;+2/p+1/b33-24+;/t31-,32+,35+,39+,50?;/m1./s1. The van der Waals surface area contributed by atoms with Gasteiger partial charge in [0.1, 0.15) is 18.8 Å². The second kappa shape index (κ2) is 22.9. The smallest absolute Gasteiger partial charge is 0.657 e. The van der Waals surface area contributed by atoms with Crippen LogP contribution in [-0.4, -0.2) is 60.8 Å². The van der Waals surface area contributed by atoms with Crippen LogP contribution < -0.4 is 19.9 Å². The molecule has 3 aromatic rings. The van der Waals surface area contributed by atoms with Crippen molar-refractivity contribution in [2.24, 2.45) is 17.8 Å². The Labute approximate surface area is 402 Å². The van der Waals surface area contributed by atoms with E-state index >= 15 is 0 Å². The van der Waals surface area contributed by atoms with Crippen LogP contribution in [0, 0.1) is 31.6 Å². The number of hydrogen-bond acceptors (Lipinski definition) is 6. The normalized spacial score (nSPS) is 17.9. The quantitative estimate of drug-likeness (QED) is 0.0358. The summed E-state index contributed by atoms with van der Waals surface area (Å²) in [6.45, 7) is 21.7. The third-order valence-electron chi connectivity index (χ3n) is 14.3. The molecule has 0 fully saturated rings. The van der Waals surface area contributed by atoms with Gasteiger partial charge in [-0.2, -0.15) is 0 Å². The molecule has 3 aromatic heterocycles. The molecule has 344 valence electrons. The van der Waals surface area contributed by atoms with Gasteiger partial charge in [0, 0.05) is 34.3 Å². The maximum atomic E-state index is 14.4. The van der Waals surface area contributed by atoms with Crippen LogP contribution in [-0.2, 0) is 19.1 Å². The number of aldehydes is 1. The molecule has 0 saturated carbocycles. The largest absolute Gasteiger partial charge is 2.00 e. The van der Waals surface area contributed by atoms with Crippen molar-refractivity contribution in [1.29, 1.82) is 0 Å². The number of H-pyrrole nitrogens is 2. The maximum Gasteiger partial charge on any atom is 2.00 e. The van der Waals surface area contributed by atoms with Gasteiger partial charge in [-0.05, 0) is 95.4 Å². The molecular weight excluding hydrogens is 825 g/mol. The minimum atomic E-state index is -1.21. The van der Waals surface area contributed by atoms with Gasteiger partial charge in [-0.25, -0.2) is 9.97 Å². The number of nitrogens with zero attached hydrogens (tertiary/aromatic N) is 2. The SMILES string of the molecule is CCC1=C(C)c2cc3[n-]c(cc4[nH+]c(c5c6[n-]c(cc1[nH+]2)c(C)c6C(=O)C5C(=O)OC)[C@@H](CCC(=O)OC/C=C(\C)CCC[C@@H](C)CCC[C@H](C)CCCC(C)C)[C@@H]4C)c(C)c3C=O.[Mg+2]. The maximum absolute atomic E-state index is 14.4. The first-order valence-corrected chi connectivity index (χ1v) is 23.9. The minimum absolute atomic E-state index is 0. The molecule has 5 heterocycles. The van der Waals surface area contributed by atoms with Crippen molar-refractivity contribution >= 4 is 80.3 Å². The van der Waals surface area contributed by atoms with Crippen LogP contribution in [0.2, 0.25) is 0 Å². The molecule has 3 aliphatic rings. The number of aryl methyl sites for hydroxylation is 2. The molecule has 6 rings (SSSR count). The van der Waals surface area contributed by atoms with Gasteiger partial charge in [-0.15, -0.1) is 22.1 Å². The van der Waals surface area contributed by atoms with E-state index < -0.39 is 11.9 Å². The van der Waals surface area contributed by atoms with Gasteiger partial charge in [0.15, 0.2) is 17.2 Å². The number of methoxy groups -OCH3 is 1. The summed E-state index contributed by atoms with van der Waals surface area (Å²) in [6, 6.07) is 5.82. The number of carbonyl (C=O) groups is 4. The van der Waals surface area contributed by atoms with Crippen molar-refractivity contribution in [2.45, 2.75) is 164 Å². The Balaban J connectivity index is 0.00000793. The Kier molecular flexibility index (Phi) is 18.2. The van der Waals surface area contributed by atoms with E-state index in [2.05, 4.69) is 58.4 Å². The number of rotatable bonds is 20.